The van der Waals surface area contributed by atoms with E-state index >= 15 is 0 Å². The first-order chi connectivity index (χ1) is 8.08. The molecule has 1 atom stereocenters. The molecule has 0 radical (unpaired) electrons. The molecule has 2 aromatic rings. The maximum atomic E-state index is 13.7. The van der Waals surface area contributed by atoms with E-state index in [2.05, 4.69) is 4.98 Å². The van der Waals surface area contributed by atoms with Crippen molar-refractivity contribution in [2.75, 3.05) is 0 Å². The standard InChI is InChI=1S/C12H13FN2S2/c1-7-6-16-12(15-7)17-10-5-3-4-9(13)11(10)8(2)14/h3-6,8H,14H2,1-2H3/t8-/m1/s1. The van der Waals surface area contributed by atoms with Crippen molar-refractivity contribution in [3.05, 3.63) is 40.7 Å². The SMILES string of the molecule is Cc1csc(Sc2cccc(F)c2[C@@H](C)N)n1. The molecule has 0 saturated heterocycles. The van der Waals surface area contributed by atoms with Crippen molar-refractivity contribution in [3.8, 4) is 0 Å². The molecular weight excluding hydrogens is 255 g/mol. The fraction of sp³-hybridized carbons (Fsp3) is 0.250. The Labute approximate surface area is 108 Å². The summed E-state index contributed by atoms with van der Waals surface area (Å²) >= 11 is 3.02. The predicted octanol–water partition coefficient (Wildman–Crippen LogP) is 3.76. The molecule has 5 heteroatoms. The Kier molecular flexibility index (Phi) is 3.81. The quantitative estimate of drug-likeness (QED) is 0.921. The second-order valence-corrected chi connectivity index (χ2v) is 5.94. The first kappa shape index (κ1) is 12.5. The number of rotatable bonds is 3. The molecule has 0 spiro atoms. The van der Waals surface area contributed by atoms with Crippen molar-refractivity contribution >= 4 is 23.1 Å². The molecule has 17 heavy (non-hydrogen) atoms. The number of nitrogens with zero attached hydrogens (tertiary/aromatic N) is 1. The maximum absolute atomic E-state index is 13.7. The number of thiazole rings is 1. The summed E-state index contributed by atoms with van der Waals surface area (Å²) in [5, 5.41) is 1.98. The molecule has 0 amide bonds. The lowest BCUT2D eigenvalue weighted by molar-refractivity contribution is 0.585. The molecule has 1 heterocycles. The van der Waals surface area contributed by atoms with Gasteiger partial charge in [0, 0.05) is 27.6 Å². The van der Waals surface area contributed by atoms with Crippen LogP contribution in [0.2, 0.25) is 0 Å². The molecule has 90 valence electrons. The summed E-state index contributed by atoms with van der Waals surface area (Å²) in [4.78, 5) is 5.20. The van der Waals surface area contributed by atoms with Crippen molar-refractivity contribution in [2.45, 2.75) is 29.1 Å². The van der Waals surface area contributed by atoms with Crippen LogP contribution < -0.4 is 5.73 Å². The van der Waals surface area contributed by atoms with E-state index in [1.54, 1.807) is 24.3 Å². The van der Waals surface area contributed by atoms with Gasteiger partial charge in [-0.15, -0.1) is 11.3 Å². The fourth-order valence-corrected chi connectivity index (χ4v) is 3.57. The third kappa shape index (κ3) is 2.86. The van der Waals surface area contributed by atoms with Gasteiger partial charge in [-0.3, -0.25) is 0 Å². The lowest BCUT2D eigenvalue weighted by atomic mass is 10.1. The molecule has 2 N–H and O–H groups in total. The highest BCUT2D eigenvalue weighted by molar-refractivity contribution is 8.01. The molecule has 0 fully saturated rings. The van der Waals surface area contributed by atoms with E-state index in [9.17, 15) is 4.39 Å². The average molecular weight is 268 g/mol. The van der Waals surface area contributed by atoms with Gasteiger partial charge in [0.15, 0.2) is 4.34 Å². The molecule has 1 aromatic heterocycles. The lowest BCUT2D eigenvalue weighted by Gasteiger charge is -2.12. The lowest BCUT2D eigenvalue weighted by Crippen LogP contribution is -2.08. The summed E-state index contributed by atoms with van der Waals surface area (Å²) in [6.07, 6.45) is 0. The van der Waals surface area contributed by atoms with Gasteiger partial charge in [0.25, 0.3) is 0 Å². The van der Waals surface area contributed by atoms with Gasteiger partial charge in [0.05, 0.1) is 0 Å². The molecule has 0 aliphatic carbocycles. The van der Waals surface area contributed by atoms with Crippen molar-refractivity contribution in [2.24, 2.45) is 5.73 Å². The van der Waals surface area contributed by atoms with E-state index in [1.807, 2.05) is 18.4 Å². The fourth-order valence-electron chi connectivity index (χ4n) is 1.52. The molecule has 0 bridgehead atoms. The van der Waals surface area contributed by atoms with Crippen LogP contribution in [-0.4, -0.2) is 4.98 Å². The highest BCUT2D eigenvalue weighted by Gasteiger charge is 2.14. The maximum Gasteiger partial charge on any atom is 0.154 e. The summed E-state index contributed by atoms with van der Waals surface area (Å²) in [5.74, 6) is -0.252. The molecule has 0 aliphatic heterocycles. The number of halogens is 1. The van der Waals surface area contributed by atoms with Crippen LogP contribution in [0.1, 0.15) is 24.2 Å². The third-order valence-electron chi connectivity index (χ3n) is 2.26. The minimum absolute atomic E-state index is 0.252. The summed E-state index contributed by atoms with van der Waals surface area (Å²) in [5.41, 5.74) is 7.35. The minimum atomic E-state index is -0.320. The van der Waals surface area contributed by atoms with Crippen LogP contribution in [0.3, 0.4) is 0 Å². The van der Waals surface area contributed by atoms with Gasteiger partial charge in [0.1, 0.15) is 5.82 Å². The Morgan fingerprint density at radius 2 is 2.24 bits per heavy atom. The predicted molar refractivity (Wildman–Crippen MR) is 70.0 cm³/mol. The number of hydrogen-bond donors (Lipinski definition) is 1. The van der Waals surface area contributed by atoms with Crippen LogP contribution in [0.4, 0.5) is 4.39 Å². The smallest absolute Gasteiger partial charge is 0.154 e. The summed E-state index contributed by atoms with van der Waals surface area (Å²) in [7, 11) is 0. The Bertz CT molecular complexity index is 523. The molecule has 2 nitrogen and oxygen atoms in total. The minimum Gasteiger partial charge on any atom is -0.324 e. The average Bonchev–Trinajstić information content (AvgIpc) is 2.63. The van der Waals surface area contributed by atoms with Crippen LogP contribution in [0.15, 0.2) is 32.8 Å². The second kappa shape index (κ2) is 5.16. The van der Waals surface area contributed by atoms with Gasteiger partial charge in [-0.1, -0.05) is 17.8 Å². The largest absolute Gasteiger partial charge is 0.324 e. The number of hydrogen-bond acceptors (Lipinski definition) is 4. The van der Waals surface area contributed by atoms with Crippen LogP contribution >= 0.6 is 23.1 Å². The molecule has 1 aromatic carbocycles. The van der Waals surface area contributed by atoms with Gasteiger partial charge in [0.2, 0.25) is 0 Å². The zero-order chi connectivity index (χ0) is 12.4. The zero-order valence-corrected chi connectivity index (χ0v) is 11.2. The Morgan fingerprint density at radius 3 is 2.82 bits per heavy atom. The van der Waals surface area contributed by atoms with Crippen molar-refractivity contribution in [1.29, 1.82) is 0 Å². The van der Waals surface area contributed by atoms with Crippen molar-refractivity contribution in [3.63, 3.8) is 0 Å². The molecule has 2 rings (SSSR count). The monoisotopic (exact) mass is 268 g/mol. The molecule has 0 unspecified atom stereocenters. The van der Waals surface area contributed by atoms with E-state index < -0.39 is 0 Å². The normalized spacial score (nSPS) is 12.7. The van der Waals surface area contributed by atoms with Crippen LogP contribution in [0.25, 0.3) is 0 Å². The topological polar surface area (TPSA) is 38.9 Å². The Hall–Kier alpha value is -0.910. The summed E-state index contributed by atoms with van der Waals surface area (Å²) < 4.78 is 14.6. The highest BCUT2D eigenvalue weighted by Crippen LogP contribution is 2.35. The van der Waals surface area contributed by atoms with Crippen LogP contribution in [-0.2, 0) is 0 Å². The third-order valence-corrected chi connectivity index (χ3v) is 4.40. The first-order valence-corrected chi connectivity index (χ1v) is 6.91. The van der Waals surface area contributed by atoms with Crippen LogP contribution in [0, 0.1) is 12.7 Å². The van der Waals surface area contributed by atoms with Gasteiger partial charge in [-0.25, -0.2) is 9.37 Å². The molecule has 0 aliphatic rings. The van der Waals surface area contributed by atoms with E-state index in [-0.39, 0.29) is 11.9 Å². The number of benzene rings is 1. The van der Waals surface area contributed by atoms with E-state index in [4.69, 9.17) is 5.73 Å². The Balaban J connectivity index is 2.35. The number of aryl methyl sites for hydroxylation is 1. The number of aromatic nitrogens is 1. The second-order valence-electron chi connectivity index (χ2n) is 3.80. The van der Waals surface area contributed by atoms with Crippen molar-refractivity contribution < 1.29 is 4.39 Å². The zero-order valence-electron chi connectivity index (χ0n) is 9.61. The van der Waals surface area contributed by atoms with Gasteiger partial charge in [-0.2, -0.15) is 0 Å². The molecular formula is C12H13FN2S2. The van der Waals surface area contributed by atoms with Crippen molar-refractivity contribution in [1.82, 2.24) is 4.98 Å². The number of nitrogens with two attached hydrogens (primary N) is 1. The molecule has 0 saturated carbocycles. The summed E-state index contributed by atoms with van der Waals surface area (Å²) in [6.45, 7) is 3.73. The van der Waals surface area contributed by atoms with Gasteiger partial charge >= 0.3 is 0 Å². The van der Waals surface area contributed by atoms with Crippen LogP contribution in [0.5, 0.6) is 0 Å². The van der Waals surface area contributed by atoms with Gasteiger partial charge in [-0.05, 0) is 26.0 Å². The van der Waals surface area contributed by atoms with Gasteiger partial charge < -0.3 is 5.73 Å². The van der Waals surface area contributed by atoms with E-state index in [0.717, 1.165) is 14.9 Å². The first-order valence-electron chi connectivity index (χ1n) is 5.22. The van der Waals surface area contributed by atoms with E-state index in [0.29, 0.717) is 5.56 Å². The van der Waals surface area contributed by atoms with E-state index in [1.165, 1.54) is 17.8 Å². The Morgan fingerprint density at radius 1 is 1.47 bits per heavy atom. The summed E-state index contributed by atoms with van der Waals surface area (Å²) in [6, 6.07) is 4.70. The highest BCUT2D eigenvalue weighted by atomic mass is 32.2.